The zero-order valence-electron chi connectivity index (χ0n) is 12.4. The molecule has 0 radical (unpaired) electrons. The first-order valence-electron chi connectivity index (χ1n) is 6.65. The SMILES string of the molecule is CC(=O)[C@]1(O)C[C@H](n2cc(C)c(=O)[nH]c2=O)O[C@@H]1CO[P+](=O)O. The van der Waals surface area contributed by atoms with Crippen LogP contribution in [0.5, 0.6) is 0 Å². The number of aliphatic hydroxyl groups is 1. The monoisotopic (exact) mass is 347 g/mol. The van der Waals surface area contributed by atoms with Crippen LogP contribution < -0.4 is 11.2 Å². The zero-order chi connectivity index (χ0) is 17.4. The van der Waals surface area contributed by atoms with Crippen molar-refractivity contribution in [3.8, 4) is 0 Å². The van der Waals surface area contributed by atoms with Crippen LogP contribution in [0.25, 0.3) is 0 Å². The minimum Gasteiger partial charge on any atom is -0.379 e. The van der Waals surface area contributed by atoms with Gasteiger partial charge in [0.1, 0.15) is 18.9 Å². The van der Waals surface area contributed by atoms with Crippen LogP contribution in [0.4, 0.5) is 0 Å². The van der Waals surface area contributed by atoms with Gasteiger partial charge in [-0.15, -0.1) is 9.42 Å². The molecule has 1 aliphatic heterocycles. The van der Waals surface area contributed by atoms with E-state index in [1.807, 2.05) is 0 Å². The number of carbonyl (C=O) groups excluding carboxylic acids is 1. The van der Waals surface area contributed by atoms with Crippen LogP contribution in [0.3, 0.4) is 0 Å². The van der Waals surface area contributed by atoms with Crippen molar-refractivity contribution in [1.29, 1.82) is 0 Å². The average molecular weight is 347 g/mol. The molecule has 0 saturated carbocycles. The molecule has 0 aliphatic carbocycles. The molecule has 0 aromatic carbocycles. The van der Waals surface area contributed by atoms with E-state index in [2.05, 4.69) is 9.51 Å². The number of ether oxygens (including phenoxy) is 1. The van der Waals surface area contributed by atoms with Gasteiger partial charge in [-0.25, -0.2) is 4.79 Å². The van der Waals surface area contributed by atoms with Crippen LogP contribution in [-0.4, -0.2) is 43.6 Å². The maximum absolute atomic E-state index is 11.9. The van der Waals surface area contributed by atoms with Gasteiger partial charge in [0.15, 0.2) is 11.4 Å². The summed E-state index contributed by atoms with van der Waals surface area (Å²) in [5, 5.41) is 10.5. The molecule has 1 aliphatic rings. The number of aromatic amines is 1. The Kier molecular flexibility index (Phi) is 4.92. The highest BCUT2D eigenvalue weighted by molar-refractivity contribution is 7.32. The molecule has 1 unspecified atom stereocenters. The second kappa shape index (κ2) is 6.42. The second-order valence-electron chi connectivity index (χ2n) is 5.28. The molecule has 4 atom stereocenters. The predicted octanol–water partition coefficient (Wildman–Crippen LogP) is -0.881. The van der Waals surface area contributed by atoms with Crippen molar-refractivity contribution in [2.24, 2.45) is 0 Å². The van der Waals surface area contributed by atoms with Crippen LogP contribution in [0.15, 0.2) is 15.8 Å². The number of carbonyl (C=O) groups is 1. The molecule has 1 fully saturated rings. The van der Waals surface area contributed by atoms with Gasteiger partial charge in [0.25, 0.3) is 5.56 Å². The summed E-state index contributed by atoms with van der Waals surface area (Å²) in [6, 6.07) is 0. The molecule has 0 amide bonds. The summed E-state index contributed by atoms with van der Waals surface area (Å²) in [4.78, 5) is 45.8. The number of H-pyrrole nitrogens is 1. The van der Waals surface area contributed by atoms with E-state index in [-0.39, 0.29) is 12.0 Å². The predicted molar refractivity (Wildman–Crippen MR) is 76.0 cm³/mol. The molecule has 0 bridgehead atoms. The van der Waals surface area contributed by atoms with Gasteiger partial charge in [-0.3, -0.25) is 19.1 Å². The zero-order valence-corrected chi connectivity index (χ0v) is 13.3. The lowest BCUT2D eigenvalue weighted by molar-refractivity contribution is -0.143. The third kappa shape index (κ3) is 3.46. The Morgan fingerprint density at radius 2 is 2.26 bits per heavy atom. The topological polar surface area (TPSA) is 148 Å². The van der Waals surface area contributed by atoms with Crippen molar-refractivity contribution >= 4 is 14.0 Å². The Morgan fingerprint density at radius 1 is 1.61 bits per heavy atom. The van der Waals surface area contributed by atoms with Crippen molar-refractivity contribution in [1.82, 2.24) is 9.55 Å². The minimum absolute atomic E-state index is 0.248. The van der Waals surface area contributed by atoms with E-state index in [1.54, 1.807) is 0 Å². The number of Topliss-reactive ketones (excluding diaryl/α,β-unsaturated/α-hetero) is 1. The van der Waals surface area contributed by atoms with Gasteiger partial charge in [-0.1, -0.05) is 0 Å². The largest absolute Gasteiger partial charge is 0.694 e. The average Bonchev–Trinajstić information content (AvgIpc) is 2.79. The molecule has 126 valence electrons. The molecule has 1 aromatic rings. The number of rotatable bonds is 5. The van der Waals surface area contributed by atoms with Crippen molar-refractivity contribution in [3.05, 3.63) is 32.6 Å². The van der Waals surface area contributed by atoms with Gasteiger partial charge >= 0.3 is 13.9 Å². The van der Waals surface area contributed by atoms with E-state index < -0.39 is 49.8 Å². The van der Waals surface area contributed by atoms with Gasteiger partial charge in [-0.2, -0.15) is 0 Å². The Hall–Kier alpha value is -1.71. The number of nitrogens with zero attached hydrogens (tertiary/aromatic N) is 1. The molecule has 23 heavy (non-hydrogen) atoms. The number of hydrogen-bond donors (Lipinski definition) is 3. The summed E-state index contributed by atoms with van der Waals surface area (Å²) in [5.74, 6) is -0.629. The first kappa shape index (κ1) is 17.6. The van der Waals surface area contributed by atoms with Gasteiger partial charge in [0, 0.05) is 22.7 Å². The van der Waals surface area contributed by atoms with E-state index in [0.29, 0.717) is 0 Å². The Morgan fingerprint density at radius 3 is 2.83 bits per heavy atom. The Bertz CT molecular complexity index is 756. The van der Waals surface area contributed by atoms with Gasteiger partial charge in [-0.05, 0) is 13.8 Å². The van der Waals surface area contributed by atoms with Gasteiger partial charge < -0.3 is 9.84 Å². The van der Waals surface area contributed by atoms with Crippen LogP contribution in [0.2, 0.25) is 0 Å². The fourth-order valence-electron chi connectivity index (χ4n) is 2.39. The van der Waals surface area contributed by atoms with Gasteiger partial charge in [0.2, 0.25) is 0 Å². The van der Waals surface area contributed by atoms with Crippen molar-refractivity contribution in [2.45, 2.75) is 38.2 Å². The fraction of sp³-hybridized carbons (Fsp3) is 0.583. The number of aromatic nitrogens is 2. The Balaban J connectivity index is 2.35. The summed E-state index contributed by atoms with van der Waals surface area (Å²) in [5.41, 5.74) is -3.04. The Labute approximate surface area is 130 Å². The fourth-order valence-corrected chi connectivity index (χ4v) is 2.65. The third-order valence-electron chi connectivity index (χ3n) is 3.74. The first-order chi connectivity index (χ1) is 10.6. The van der Waals surface area contributed by atoms with Crippen LogP contribution >= 0.6 is 8.25 Å². The van der Waals surface area contributed by atoms with Gasteiger partial charge in [0.05, 0.1) is 0 Å². The van der Waals surface area contributed by atoms with E-state index in [4.69, 9.17) is 9.63 Å². The summed E-state index contributed by atoms with van der Waals surface area (Å²) in [7, 11) is -2.93. The highest BCUT2D eigenvalue weighted by Crippen LogP contribution is 2.38. The minimum atomic E-state index is -2.93. The molecule has 2 rings (SSSR count). The van der Waals surface area contributed by atoms with Crippen LogP contribution in [0, 0.1) is 6.92 Å². The second-order valence-corrected chi connectivity index (χ2v) is 6.01. The lowest BCUT2D eigenvalue weighted by Gasteiger charge is -2.22. The van der Waals surface area contributed by atoms with Crippen molar-refractivity contribution < 1.29 is 28.6 Å². The number of ketones is 1. The van der Waals surface area contributed by atoms with Crippen molar-refractivity contribution in [3.63, 3.8) is 0 Å². The molecule has 10 nitrogen and oxygen atoms in total. The summed E-state index contributed by atoms with van der Waals surface area (Å²) >= 11 is 0. The first-order valence-corrected chi connectivity index (χ1v) is 7.78. The quantitative estimate of drug-likeness (QED) is 0.582. The molecule has 3 N–H and O–H groups in total. The molecular formula is C12H16N2O8P+. The van der Waals surface area contributed by atoms with E-state index in [1.165, 1.54) is 13.1 Å². The third-order valence-corrected chi connectivity index (χ3v) is 4.11. The number of hydrogen-bond acceptors (Lipinski definition) is 7. The molecule has 1 aromatic heterocycles. The summed E-state index contributed by atoms with van der Waals surface area (Å²) < 4.78 is 21.6. The molecule has 1 saturated heterocycles. The van der Waals surface area contributed by atoms with E-state index >= 15 is 0 Å². The van der Waals surface area contributed by atoms with Crippen molar-refractivity contribution in [2.75, 3.05) is 6.61 Å². The number of nitrogens with one attached hydrogen (secondary N) is 1. The molecule has 0 spiro atoms. The van der Waals surface area contributed by atoms with Crippen LogP contribution in [-0.2, 0) is 18.6 Å². The normalized spacial score (nSPS) is 27.9. The lowest BCUT2D eigenvalue weighted by Crippen LogP contribution is -2.46. The van der Waals surface area contributed by atoms with Crippen LogP contribution in [0.1, 0.15) is 25.1 Å². The maximum Gasteiger partial charge on any atom is 0.694 e. The number of aryl methyl sites for hydroxylation is 1. The summed E-state index contributed by atoms with van der Waals surface area (Å²) in [6.45, 7) is 2.12. The molecule has 2 heterocycles. The standard InChI is InChI=1S/C12H15N2O8P/c1-6-4-14(11(17)13-10(6)16)9-3-12(18,7(2)15)8(22-9)5-21-23(19)20/h4,8-9,18H,3,5H2,1-2H3,(H-,13,16,17,19,20)/p+1/t8-,9-,12-/m1/s1. The maximum atomic E-state index is 11.9. The highest BCUT2D eigenvalue weighted by Gasteiger charge is 2.52. The molecular weight excluding hydrogens is 331 g/mol. The smallest absolute Gasteiger partial charge is 0.379 e. The van der Waals surface area contributed by atoms with E-state index in [0.717, 1.165) is 11.5 Å². The van der Waals surface area contributed by atoms with E-state index in [9.17, 15) is 24.1 Å². The lowest BCUT2D eigenvalue weighted by atomic mass is 9.91. The highest BCUT2D eigenvalue weighted by atomic mass is 31.1. The molecule has 11 heteroatoms. The summed E-state index contributed by atoms with van der Waals surface area (Å²) in [6.07, 6.45) is -1.26.